The number of benzene rings is 2. The number of ether oxygens (including phenoxy) is 1. The number of hydrogen-bond acceptors (Lipinski definition) is 1. The molecule has 90 valence electrons. The monoisotopic (exact) mass is 228 g/mol. The smallest absolute Gasteiger partial charge is 0.122 e. The zero-order valence-electron chi connectivity index (χ0n) is 11.1. The van der Waals surface area contributed by atoms with E-state index in [1.54, 1.807) is 7.11 Å². The summed E-state index contributed by atoms with van der Waals surface area (Å²) in [5.41, 5.74) is 1.58. The fourth-order valence-electron chi connectivity index (χ4n) is 2.22. The normalized spacial score (nSPS) is 11.8. The molecule has 0 amide bonds. The number of methoxy groups -OCH3 is 1. The fourth-order valence-corrected chi connectivity index (χ4v) is 2.22. The van der Waals surface area contributed by atoms with E-state index in [0.717, 1.165) is 12.2 Å². The van der Waals surface area contributed by atoms with E-state index in [4.69, 9.17) is 4.74 Å². The molecule has 2 aromatic rings. The highest BCUT2D eigenvalue weighted by Gasteiger charge is 2.16. The molecule has 0 saturated heterocycles. The molecule has 17 heavy (non-hydrogen) atoms. The quantitative estimate of drug-likeness (QED) is 0.738. The van der Waals surface area contributed by atoms with Gasteiger partial charge in [-0.25, -0.2) is 0 Å². The summed E-state index contributed by atoms with van der Waals surface area (Å²) in [6.07, 6.45) is 1.03. The lowest BCUT2D eigenvalue weighted by molar-refractivity contribution is 0.380. The molecule has 1 nitrogen and oxygen atoms in total. The third kappa shape index (κ3) is 2.60. The minimum atomic E-state index is 0.261. The zero-order chi connectivity index (χ0) is 12.5. The first kappa shape index (κ1) is 12.0. The molecule has 2 aromatic carbocycles. The van der Waals surface area contributed by atoms with Gasteiger partial charge in [-0.3, -0.25) is 0 Å². The molecule has 1 heteroatoms. The molecule has 0 radical (unpaired) electrons. The van der Waals surface area contributed by atoms with Crippen LogP contribution in [0.3, 0.4) is 0 Å². The van der Waals surface area contributed by atoms with E-state index < -0.39 is 0 Å². The van der Waals surface area contributed by atoms with Crippen LogP contribution in [0.4, 0.5) is 0 Å². The topological polar surface area (TPSA) is 9.23 Å². The van der Waals surface area contributed by atoms with Crippen molar-refractivity contribution >= 4 is 10.8 Å². The van der Waals surface area contributed by atoms with Crippen molar-refractivity contribution in [2.45, 2.75) is 27.2 Å². The lowest BCUT2D eigenvalue weighted by Crippen LogP contribution is -2.10. The molecule has 0 bridgehead atoms. The average Bonchev–Trinajstić information content (AvgIpc) is 2.28. The van der Waals surface area contributed by atoms with Crippen molar-refractivity contribution in [1.82, 2.24) is 0 Å². The summed E-state index contributed by atoms with van der Waals surface area (Å²) in [6.45, 7) is 6.77. The van der Waals surface area contributed by atoms with E-state index in [9.17, 15) is 0 Å². The average molecular weight is 228 g/mol. The van der Waals surface area contributed by atoms with Crippen LogP contribution in [0, 0.1) is 5.41 Å². The minimum Gasteiger partial charge on any atom is -0.496 e. The van der Waals surface area contributed by atoms with Gasteiger partial charge in [0.05, 0.1) is 7.11 Å². The Hall–Kier alpha value is -1.50. The highest BCUT2D eigenvalue weighted by molar-refractivity contribution is 5.87. The van der Waals surface area contributed by atoms with Crippen LogP contribution in [0.2, 0.25) is 0 Å². The Bertz CT molecular complexity index is 521. The molecule has 0 atom stereocenters. The summed E-state index contributed by atoms with van der Waals surface area (Å²) in [6, 6.07) is 12.7. The van der Waals surface area contributed by atoms with Crippen LogP contribution in [0.1, 0.15) is 26.3 Å². The van der Waals surface area contributed by atoms with Crippen LogP contribution < -0.4 is 4.74 Å². The van der Waals surface area contributed by atoms with Gasteiger partial charge in [0.1, 0.15) is 5.75 Å². The van der Waals surface area contributed by atoms with Gasteiger partial charge >= 0.3 is 0 Å². The van der Waals surface area contributed by atoms with Crippen molar-refractivity contribution < 1.29 is 4.74 Å². The Balaban J connectivity index is 2.63. The van der Waals surface area contributed by atoms with Crippen LogP contribution in [0.25, 0.3) is 10.8 Å². The zero-order valence-corrected chi connectivity index (χ0v) is 11.1. The Kier molecular flexibility index (Phi) is 3.10. The van der Waals surface area contributed by atoms with Gasteiger partial charge in [0.2, 0.25) is 0 Å². The first-order valence-electron chi connectivity index (χ1n) is 6.06. The van der Waals surface area contributed by atoms with Crippen molar-refractivity contribution in [1.29, 1.82) is 0 Å². The van der Waals surface area contributed by atoms with E-state index in [1.165, 1.54) is 16.3 Å². The highest BCUT2D eigenvalue weighted by atomic mass is 16.5. The molecular formula is C16H20O. The van der Waals surface area contributed by atoms with Gasteiger partial charge in [-0.05, 0) is 28.7 Å². The fraction of sp³-hybridized carbons (Fsp3) is 0.375. The Morgan fingerprint density at radius 1 is 1.00 bits per heavy atom. The molecule has 0 unspecified atom stereocenters. The number of fused-ring (bicyclic) bond motifs is 1. The molecule has 0 heterocycles. The van der Waals surface area contributed by atoms with Crippen molar-refractivity contribution in [3.05, 3.63) is 42.0 Å². The molecule has 0 fully saturated rings. The predicted octanol–water partition coefficient (Wildman–Crippen LogP) is 4.44. The SMILES string of the molecule is COc1ccc2ccccc2c1CC(C)(C)C. The first-order valence-corrected chi connectivity index (χ1v) is 6.06. The van der Waals surface area contributed by atoms with E-state index in [2.05, 4.69) is 57.2 Å². The van der Waals surface area contributed by atoms with Crippen molar-refractivity contribution in [2.24, 2.45) is 5.41 Å². The molecule has 2 rings (SSSR count). The molecule has 0 spiro atoms. The second kappa shape index (κ2) is 4.40. The van der Waals surface area contributed by atoms with Gasteiger partial charge in [0.15, 0.2) is 0 Å². The van der Waals surface area contributed by atoms with E-state index in [-0.39, 0.29) is 5.41 Å². The van der Waals surface area contributed by atoms with Crippen LogP contribution >= 0.6 is 0 Å². The van der Waals surface area contributed by atoms with Crippen molar-refractivity contribution in [3.63, 3.8) is 0 Å². The largest absolute Gasteiger partial charge is 0.496 e. The Morgan fingerprint density at radius 2 is 1.71 bits per heavy atom. The predicted molar refractivity (Wildman–Crippen MR) is 73.7 cm³/mol. The standard InChI is InChI=1S/C16H20O/c1-16(2,3)11-14-13-8-6-5-7-12(13)9-10-15(14)17-4/h5-10H,11H2,1-4H3. The molecule has 0 saturated carbocycles. The van der Waals surface area contributed by atoms with Gasteiger partial charge in [0, 0.05) is 5.56 Å². The molecule has 0 aliphatic heterocycles. The van der Waals surface area contributed by atoms with Crippen LogP contribution in [-0.4, -0.2) is 7.11 Å². The van der Waals surface area contributed by atoms with Gasteiger partial charge in [-0.15, -0.1) is 0 Å². The summed E-state index contributed by atoms with van der Waals surface area (Å²) in [5, 5.41) is 2.59. The lowest BCUT2D eigenvalue weighted by atomic mass is 9.85. The third-order valence-electron chi connectivity index (χ3n) is 2.92. The number of hydrogen-bond donors (Lipinski definition) is 0. The summed E-state index contributed by atoms with van der Waals surface area (Å²) >= 11 is 0. The molecular weight excluding hydrogens is 208 g/mol. The summed E-state index contributed by atoms with van der Waals surface area (Å²) < 4.78 is 5.50. The summed E-state index contributed by atoms with van der Waals surface area (Å²) in [4.78, 5) is 0. The van der Waals surface area contributed by atoms with Gasteiger partial charge in [-0.1, -0.05) is 51.1 Å². The Labute approximate surface area is 103 Å². The summed E-state index contributed by atoms with van der Waals surface area (Å²) in [5.74, 6) is 0.999. The van der Waals surface area contributed by atoms with Crippen LogP contribution in [-0.2, 0) is 6.42 Å². The maximum Gasteiger partial charge on any atom is 0.122 e. The highest BCUT2D eigenvalue weighted by Crippen LogP contribution is 2.33. The third-order valence-corrected chi connectivity index (χ3v) is 2.92. The molecule has 0 aromatic heterocycles. The maximum absolute atomic E-state index is 5.50. The molecule has 0 aliphatic rings. The van der Waals surface area contributed by atoms with Gasteiger partial charge in [0.25, 0.3) is 0 Å². The number of rotatable bonds is 2. The maximum atomic E-state index is 5.50. The van der Waals surface area contributed by atoms with Crippen LogP contribution in [0.15, 0.2) is 36.4 Å². The molecule has 0 N–H and O–H groups in total. The van der Waals surface area contributed by atoms with Gasteiger partial charge in [-0.2, -0.15) is 0 Å². The first-order chi connectivity index (χ1) is 8.01. The Morgan fingerprint density at radius 3 is 2.35 bits per heavy atom. The van der Waals surface area contributed by atoms with E-state index in [0.29, 0.717) is 0 Å². The van der Waals surface area contributed by atoms with Crippen molar-refractivity contribution in [2.75, 3.05) is 7.11 Å². The van der Waals surface area contributed by atoms with Crippen molar-refractivity contribution in [3.8, 4) is 5.75 Å². The second-order valence-electron chi connectivity index (χ2n) is 5.70. The second-order valence-corrected chi connectivity index (χ2v) is 5.70. The molecule has 0 aliphatic carbocycles. The van der Waals surface area contributed by atoms with E-state index >= 15 is 0 Å². The van der Waals surface area contributed by atoms with Gasteiger partial charge < -0.3 is 4.74 Å². The summed E-state index contributed by atoms with van der Waals surface area (Å²) in [7, 11) is 1.75. The van der Waals surface area contributed by atoms with E-state index in [1.807, 2.05) is 0 Å². The lowest BCUT2D eigenvalue weighted by Gasteiger charge is -2.21. The minimum absolute atomic E-state index is 0.261. The van der Waals surface area contributed by atoms with Crippen LogP contribution in [0.5, 0.6) is 5.75 Å².